The first-order valence-corrected chi connectivity index (χ1v) is 9.70. The molecule has 6 nitrogen and oxygen atoms in total. The van der Waals surface area contributed by atoms with Crippen LogP contribution in [-0.2, 0) is 16.1 Å². The topological polar surface area (TPSA) is 61.9 Å². The fraction of sp³-hybridized carbons (Fsp3) is 0.364. The third-order valence-electron chi connectivity index (χ3n) is 4.86. The highest BCUT2D eigenvalue weighted by atomic mass is 16.5. The van der Waals surface area contributed by atoms with Crippen LogP contribution >= 0.6 is 0 Å². The van der Waals surface area contributed by atoms with E-state index in [1.165, 1.54) is 0 Å². The predicted octanol–water partition coefficient (Wildman–Crippen LogP) is 2.30. The molecule has 1 aliphatic rings. The van der Waals surface area contributed by atoms with Crippen molar-refractivity contribution in [3.8, 4) is 0 Å². The summed E-state index contributed by atoms with van der Waals surface area (Å²) in [7, 11) is 0. The van der Waals surface area contributed by atoms with E-state index in [4.69, 9.17) is 4.74 Å². The maximum absolute atomic E-state index is 12.5. The maximum Gasteiger partial charge on any atom is 0.251 e. The molecule has 1 saturated heterocycles. The number of carbonyl (C=O) groups excluding carboxylic acids is 2. The van der Waals surface area contributed by atoms with Gasteiger partial charge in [0.1, 0.15) is 0 Å². The number of amides is 2. The van der Waals surface area contributed by atoms with Gasteiger partial charge in [-0.3, -0.25) is 9.59 Å². The van der Waals surface area contributed by atoms with Crippen molar-refractivity contribution in [2.24, 2.45) is 0 Å². The van der Waals surface area contributed by atoms with Crippen LogP contribution in [0.3, 0.4) is 0 Å². The summed E-state index contributed by atoms with van der Waals surface area (Å²) in [6, 6.07) is 17.3. The van der Waals surface area contributed by atoms with Gasteiger partial charge in [0.15, 0.2) is 0 Å². The van der Waals surface area contributed by atoms with Gasteiger partial charge in [-0.25, -0.2) is 0 Å². The summed E-state index contributed by atoms with van der Waals surface area (Å²) in [5.41, 5.74) is 2.70. The molecule has 2 aromatic carbocycles. The molecule has 2 aromatic rings. The van der Waals surface area contributed by atoms with E-state index in [1.54, 1.807) is 17.0 Å². The summed E-state index contributed by atoms with van der Waals surface area (Å²) in [5, 5.41) is 2.73. The second kappa shape index (κ2) is 9.90. The monoisotopic (exact) mass is 381 g/mol. The number of hydrogen-bond donors (Lipinski definition) is 1. The number of hydrogen-bond acceptors (Lipinski definition) is 4. The van der Waals surface area contributed by atoms with Crippen molar-refractivity contribution in [3.05, 3.63) is 65.7 Å². The summed E-state index contributed by atoms with van der Waals surface area (Å²) >= 11 is 0. The lowest BCUT2D eigenvalue weighted by Gasteiger charge is -2.28. The minimum absolute atomic E-state index is 0.00920. The minimum Gasteiger partial charge on any atom is -0.378 e. The van der Waals surface area contributed by atoms with E-state index < -0.39 is 0 Å². The molecule has 148 valence electrons. The summed E-state index contributed by atoms with van der Waals surface area (Å²) in [6.07, 6.45) is 0. The van der Waals surface area contributed by atoms with Gasteiger partial charge in [0, 0.05) is 37.4 Å². The molecular weight excluding hydrogens is 354 g/mol. The third-order valence-corrected chi connectivity index (χ3v) is 4.86. The fourth-order valence-corrected chi connectivity index (χ4v) is 3.20. The molecule has 0 aliphatic carbocycles. The molecule has 6 heteroatoms. The van der Waals surface area contributed by atoms with Crippen molar-refractivity contribution in [3.63, 3.8) is 0 Å². The number of morpholine rings is 1. The van der Waals surface area contributed by atoms with E-state index in [0.717, 1.165) is 37.6 Å². The van der Waals surface area contributed by atoms with Gasteiger partial charge < -0.3 is 19.9 Å². The molecule has 1 N–H and O–H groups in total. The molecule has 0 spiro atoms. The summed E-state index contributed by atoms with van der Waals surface area (Å²) in [6.45, 7) is 6.22. The van der Waals surface area contributed by atoms with Gasteiger partial charge in [-0.05, 0) is 36.8 Å². The van der Waals surface area contributed by atoms with Crippen LogP contribution in [0, 0.1) is 0 Å². The van der Waals surface area contributed by atoms with Gasteiger partial charge in [0.05, 0.1) is 19.8 Å². The standard InChI is InChI=1S/C22H27N3O3/c1-2-24(17-18-6-4-3-5-7-18)21(26)16-23-22(27)19-8-10-20(11-9-19)25-12-14-28-15-13-25/h3-11H,2,12-17H2,1H3,(H,23,27). The Balaban J connectivity index is 1.51. The van der Waals surface area contributed by atoms with Gasteiger partial charge in [-0.15, -0.1) is 0 Å². The highest BCUT2D eigenvalue weighted by Crippen LogP contribution is 2.16. The second-order valence-corrected chi connectivity index (χ2v) is 6.72. The summed E-state index contributed by atoms with van der Waals surface area (Å²) < 4.78 is 5.36. The zero-order valence-corrected chi connectivity index (χ0v) is 16.3. The molecule has 1 aliphatic heterocycles. The molecule has 0 radical (unpaired) electrons. The number of carbonyl (C=O) groups is 2. The van der Waals surface area contributed by atoms with Gasteiger partial charge in [0.2, 0.25) is 5.91 Å². The number of ether oxygens (including phenoxy) is 1. The van der Waals surface area contributed by atoms with Gasteiger partial charge in [-0.1, -0.05) is 30.3 Å². The van der Waals surface area contributed by atoms with E-state index in [0.29, 0.717) is 18.7 Å². The van der Waals surface area contributed by atoms with E-state index in [1.807, 2.05) is 49.4 Å². The Kier molecular flexibility index (Phi) is 7.03. The third kappa shape index (κ3) is 5.33. The van der Waals surface area contributed by atoms with Crippen molar-refractivity contribution in [2.75, 3.05) is 44.3 Å². The smallest absolute Gasteiger partial charge is 0.251 e. The van der Waals surface area contributed by atoms with Gasteiger partial charge >= 0.3 is 0 Å². The SMILES string of the molecule is CCN(Cc1ccccc1)C(=O)CNC(=O)c1ccc(N2CCOCC2)cc1. The Bertz CT molecular complexity index is 771. The second-order valence-electron chi connectivity index (χ2n) is 6.72. The Morgan fingerprint density at radius 1 is 1.04 bits per heavy atom. The predicted molar refractivity (Wildman–Crippen MR) is 109 cm³/mol. The Morgan fingerprint density at radius 2 is 1.71 bits per heavy atom. The molecule has 3 rings (SSSR count). The summed E-state index contributed by atoms with van der Waals surface area (Å²) in [4.78, 5) is 28.8. The lowest BCUT2D eigenvalue weighted by Crippen LogP contribution is -2.39. The van der Waals surface area contributed by atoms with Crippen molar-refractivity contribution < 1.29 is 14.3 Å². The molecule has 0 aromatic heterocycles. The maximum atomic E-state index is 12.5. The van der Waals surface area contributed by atoms with Crippen LogP contribution in [0.25, 0.3) is 0 Å². The van der Waals surface area contributed by atoms with Crippen LogP contribution in [0.5, 0.6) is 0 Å². The minimum atomic E-state index is -0.238. The van der Waals surface area contributed by atoms with Crippen molar-refractivity contribution >= 4 is 17.5 Å². The van der Waals surface area contributed by atoms with E-state index in [-0.39, 0.29) is 18.4 Å². The molecule has 0 saturated carbocycles. The number of nitrogens with one attached hydrogen (secondary N) is 1. The van der Waals surface area contributed by atoms with Crippen LogP contribution in [0.4, 0.5) is 5.69 Å². The van der Waals surface area contributed by atoms with Crippen molar-refractivity contribution in [2.45, 2.75) is 13.5 Å². The zero-order valence-electron chi connectivity index (χ0n) is 16.3. The van der Waals surface area contributed by atoms with E-state index in [2.05, 4.69) is 10.2 Å². The molecule has 0 bridgehead atoms. The molecule has 0 unspecified atom stereocenters. The van der Waals surface area contributed by atoms with Gasteiger partial charge in [0.25, 0.3) is 5.91 Å². The molecule has 0 atom stereocenters. The average molecular weight is 381 g/mol. The Hall–Kier alpha value is -2.86. The van der Waals surface area contributed by atoms with E-state index in [9.17, 15) is 9.59 Å². The van der Waals surface area contributed by atoms with Crippen LogP contribution < -0.4 is 10.2 Å². The molecule has 1 heterocycles. The zero-order chi connectivity index (χ0) is 19.8. The first-order chi connectivity index (χ1) is 13.7. The largest absolute Gasteiger partial charge is 0.378 e. The summed E-state index contributed by atoms with van der Waals surface area (Å²) in [5.74, 6) is -0.331. The van der Waals surface area contributed by atoms with Crippen molar-refractivity contribution in [1.29, 1.82) is 0 Å². The lowest BCUT2D eigenvalue weighted by atomic mass is 10.1. The van der Waals surface area contributed by atoms with Crippen LogP contribution in [-0.4, -0.2) is 56.1 Å². The van der Waals surface area contributed by atoms with E-state index >= 15 is 0 Å². The Labute approximate surface area is 166 Å². The number of benzene rings is 2. The lowest BCUT2D eigenvalue weighted by molar-refractivity contribution is -0.130. The number of rotatable bonds is 7. The highest BCUT2D eigenvalue weighted by Gasteiger charge is 2.15. The quantitative estimate of drug-likeness (QED) is 0.800. The highest BCUT2D eigenvalue weighted by molar-refractivity contribution is 5.96. The Morgan fingerprint density at radius 3 is 2.36 bits per heavy atom. The van der Waals surface area contributed by atoms with Crippen molar-refractivity contribution in [1.82, 2.24) is 10.2 Å². The first-order valence-electron chi connectivity index (χ1n) is 9.70. The average Bonchev–Trinajstić information content (AvgIpc) is 2.77. The van der Waals surface area contributed by atoms with Crippen LogP contribution in [0.15, 0.2) is 54.6 Å². The van der Waals surface area contributed by atoms with Gasteiger partial charge in [-0.2, -0.15) is 0 Å². The fourth-order valence-electron chi connectivity index (χ4n) is 3.20. The normalized spacial score (nSPS) is 13.8. The molecule has 1 fully saturated rings. The van der Waals surface area contributed by atoms with Crippen LogP contribution in [0.2, 0.25) is 0 Å². The molecule has 2 amide bonds. The van der Waals surface area contributed by atoms with Crippen LogP contribution in [0.1, 0.15) is 22.8 Å². The molecular formula is C22H27N3O3. The first kappa shape index (κ1) is 19.9. The number of nitrogens with zero attached hydrogens (tertiary/aromatic N) is 2. The number of anilines is 1. The molecule has 28 heavy (non-hydrogen) atoms. The number of likely N-dealkylation sites (N-methyl/N-ethyl adjacent to an activating group) is 1.